The molecule has 0 aromatic rings. The van der Waals surface area contributed by atoms with E-state index in [2.05, 4.69) is 19.2 Å². The Morgan fingerprint density at radius 3 is 2.71 bits per heavy atom. The fraction of sp³-hybridized carbons (Fsp3) is 0.929. The van der Waals surface area contributed by atoms with E-state index in [1.54, 1.807) is 0 Å². The van der Waals surface area contributed by atoms with Gasteiger partial charge in [0.1, 0.15) is 0 Å². The predicted molar refractivity (Wildman–Crippen MR) is 75.5 cm³/mol. The van der Waals surface area contributed by atoms with Crippen molar-refractivity contribution in [3.05, 3.63) is 0 Å². The van der Waals surface area contributed by atoms with Gasteiger partial charge in [0.25, 0.3) is 0 Å². The molecule has 17 heavy (non-hydrogen) atoms. The average molecular weight is 252 g/mol. The second kappa shape index (κ2) is 4.49. The minimum atomic E-state index is 0.645. The van der Waals surface area contributed by atoms with Gasteiger partial charge in [-0.15, -0.1) is 0 Å². The molecular formula is C14H24N2S. The molecule has 3 rings (SSSR count). The van der Waals surface area contributed by atoms with Gasteiger partial charge < -0.3 is 5.32 Å². The van der Waals surface area contributed by atoms with E-state index in [1.807, 2.05) is 11.8 Å². The van der Waals surface area contributed by atoms with Crippen LogP contribution in [0, 0.1) is 17.3 Å². The van der Waals surface area contributed by atoms with E-state index in [0.29, 0.717) is 11.5 Å². The van der Waals surface area contributed by atoms with Gasteiger partial charge in [-0.05, 0) is 49.4 Å². The second-order valence-electron chi connectivity index (χ2n) is 6.39. The molecule has 1 unspecified atom stereocenters. The Labute approximate surface area is 109 Å². The molecule has 0 amide bonds. The molecule has 1 heterocycles. The maximum absolute atomic E-state index is 4.88. The number of nitrogens with zero attached hydrogens (tertiary/aromatic N) is 1. The lowest BCUT2D eigenvalue weighted by Crippen LogP contribution is -2.41. The van der Waals surface area contributed by atoms with Gasteiger partial charge >= 0.3 is 0 Å². The van der Waals surface area contributed by atoms with Crippen LogP contribution in [0.3, 0.4) is 0 Å². The van der Waals surface area contributed by atoms with Crippen LogP contribution in [0.25, 0.3) is 0 Å². The second-order valence-corrected chi connectivity index (χ2v) is 7.47. The zero-order valence-electron chi connectivity index (χ0n) is 11.0. The third-order valence-electron chi connectivity index (χ3n) is 4.65. The summed E-state index contributed by atoms with van der Waals surface area (Å²) in [5, 5.41) is 4.85. The quantitative estimate of drug-likeness (QED) is 0.830. The van der Waals surface area contributed by atoms with E-state index in [4.69, 9.17) is 4.99 Å². The monoisotopic (exact) mass is 252 g/mol. The maximum atomic E-state index is 4.88. The van der Waals surface area contributed by atoms with Gasteiger partial charge in [-0.1, -0.05) is 25.6 Å². The largest absolute Gasteiger partial charge is 0.362 e. The van der Waals surface area contributed by atoms with Gasteiger partial charge in [0.2, 0.25) is 0 Å². The summed E-state index contributed by atoms with van der Waals surface area (Å²) in [7, 11) is 0. The first-order valence-electron chi connectivity index (χ1n) is 7.13. The lowest BCUT2D eigenvalue weighted by atomic mass is 10.0. The van der Waals surface area contributed by atoms with Crippen molar-refractivity contribution in [2.24, 2.45) is 22.2 Å². The number of aliphatic imine (C=N–C) groups is 1. The van der Waals surface area contributed by atoms with E-state index in [-0.39, 0.29) is 0 Å². The Hall–Kier alpha value is -0.180. The Morgan fingerprint density at radius 1 is 1.35 bits per heavy atom. The minimum Gasteiger partial charge on any atom is -0.362 e. The number of amidine groups is 1. The van der Waals surface area contributed by atoms with Crippen molar-refractivity contribution in [3.63, 3.8) is 0 Å². The zero-order chi connectivity index (χ0) is 11.9. The number of thioether (sulfide) groups is 1. The molecule has 1 aliphatic heterocycles. The first kappa shape index (κ1) is 11.9. The Morgan fingerprint density at radius 2 is 2.12 bits per heavy atom. The highest BCUT2D eigenvalue weighted by Gasteiger charge is 2.53. The molecule has 2 saturated carbocycles. The Balaban J connectivity index is 1.56. The summed E-state index contributed by atoms with van der Waals surface area (Å²) in [5.41, 5.74) is 0.653. The average Bonchev–Trinajstić information content (AvgIpc) is 3.17. The highest BCUT2D eigenvalue weighted by atomic mass is 32.2. The molecule has 0 aromatic carbocycles. The first-order valence-corrected chi connectivity index (χ1v) is 8.12. The summed E-state index contributed by atoms with van der Waals surface area (Å²) in [5.74, 6) is 2.99. The van der Waals surface area contributed by atoms with Crippen molar-refractivity contribution >= 4 is 16.9 Å². The standard InChI is InChI=1S/C14H24N2S/c1-10(2)12-5-8-17-13(16-12)15-9-14(6-7-14)11-3-4-11/h10-12H,3-9H2,1-2H3,(H,15,16). The molecule has 0 aromatic heterocycles. The summed E-state index contributed by atoms with van der Waals surface area (Å²) >= 11 is 1.92. The molecule has 3 aliphatic rings. The molecule has 3 heteroatoms. The third kappa shape index (κ3) is 2.64. The maximum Gasteiger partial charge on any atom is 0.156 e. The van der Waals surface area contributed by atoms with Crippen molar-refractivity contribution in [2.45, 2.75) is 52.0 Å². The van der Waals surface area contributed by atoms with Crippen LogP contribution in [0.5, 0.6) is 0 Å². The topological polar surface area (TPSA) is 24.4 Å². The van der Waals surface area contributed by atoms with Crippen LogP contribution in [0.4, 0.5) is 0 Å². The van der Waals surface area contributed by atoms with E-state index in [9.17, 15) is 0 Å². The van der Waals surface area contributed by atoms with Crippen LogP contribution >= 0.6 is 11.8 Å². The van der Waals surface area contributed by atoms with Crippen LogP contribution < -0.4 is 5.32 Å². The van der Waals surface area contributed by atoms with E-state index < -0.39 is 0 Å². The molecule has 0 radical (unpaired) electrons. The highest BCUT2D eigenvalue weighted by Crippen LogP contribution is 2.61. The number of rotatable bonds is 4. The molecule has 2 aliphatic carbocycles. The Bertz CT molecular complexity index is 316. The van der Waals surface area contributed by atoms with Gasteiger partial charge in [-0.25, -0.2) is 0 Å². The number of nitrogens with one attached hydrogen (secondary N) is 1. The fourth-order valence-electron chi connectivity index (χ4n) is 2.93. The van der Waals surface area contributed by atoms with Crippen molar-refractivity contribution < 1.29 is 0 Å². The van der Waals surface area contributed by atoms with Crippen molar-refractivity contribution in [2.75, 3.05) is 12.3 Å². The lowest BCUT2D eigenvalue weighted by molar-refractivity contribution is 0.435. The van der Waals surface area contributed by atoms with Crippen LogP contribution in [0.15, 0.2) is 4.99 Å². The first-order chi connectivity index (χ1) is 8.20. The molecule has 3 fully saturated rings. The van der Waals surface area contributed by atoms with Crippen molar-refractivity contribution in [1.82, 2.24) is 5.32 Å². The molecule has 1 N–H and O–H groups in total. The van der Waals surface area contributed by atoms with Crippen LogP contribution in [0.1, 0.15) is 46.0 Å². The molecule has 2 nitrogen and oxygen atoms in total. The molecule has 1 atom stereocenters. The van der Waals surface area contributed by atoms with Crippen LogP contribution in [0.2, 0.25) is 0 Å². The van der Waals surface area contributed by atoms with Gasteiger partial charge in [-0.2, -0.15) is 0 Å². The summed E-state index contributed by atoms with van der Waals surface area (Å²) in [6, 6.07) is 0.645. The lowest BCUT2D eigenvalue weighted by Gasteiger charge is -2.28. The fourth-order valence-corrected chi connectivity index (χ4v) is 3.88. The SMILES string of the molecule is CC(C)C1CCSC(=NCC2(C3CC3)CC2)N1. The van der Waals surface area contributed by atoms with E-state index >= 15 is 0 Å². The molecule has 96 valence electrons. The van der Waals surface area contributed by atoms with Crippen molar-refractivity contribution in [3.8, 4) is 0 Å². The smallest absolute Gasteiger partial charge is 0.156 e. The van der Waals surface area contributed by atoms with Gasteiger partial charge in [-0.3, -0.25) is 4.99 Å². The molecule has 0 spiro atoms. The summed E-state index contributed by atoms with van der Waals surface area (Å²) in [6.07, 6.45) is 7.11. The molecule has 1 saturated heterocycles. The normalized spacial score (nSPS) is 33.8. The van der Waals surface area contributed by atoms with E-state index in [1.165, 1.54) is 43.0 Å². The summed E-state index contributed by atoms with van der Waals surface area (Å²) < 4.78 is 0. The van der Waals surface area contributed by atoms with Crippen molar-refractivity contribution in [1.29, 1.82) is 0 Å². The third-order valence-corrected chi connectivity index (χ3v) is 5.61. The zero-order valence-corrected chi connectivity index (χ0v) is 11.9. The molecular weight excluding hydrogens is 228 g/mol. The summed E-state index contributed by atoms with van der Waals surface area (Å²) in [4.78, 5) is 4.88. The molecule has 0 bridgehead atoms. The van der Waals surface area contributed by atoms with Crippen LogP contribution in [-0.2, 0) is 0 Å². The van der Waals surface area contributed by atoms with E-state index in [0.717, 1.165) is 18.4 Å². The highest BCUT2D eigenvalue weighted by molar-refractivity contribution is 8.13. The summed E-state index contributed by atoms with van der Waals surface area (Å²) in [6.45, 7) is 5.70. The van der Waals surface area contributed by atoms with Crippen LogP contribution in [-0.4, -0.2) is 23.5 Å². The van der Waals surface area contributed by atoms with Gasteiger partial charge in [0.15, 0.2) is 5.17 Å². The Kier molecular flexibility index (Phi) is 3.14. The number of hydrogen-bond acceptors (Lipinski definition) is 2. The minimum absolute atomic E-state index is 0.645. The van der Waals surface area contributed by atoms with Gasteiger partial charge in [0, 0.05) is 18.3 Å². The predicted octanol–water partition coefficient (Wildman–Crippen LogP) is 3.28. The van der Waals surface area contributed by atoms with Gasteiger partial charge in [0.05, 0.1) is 0 Å². The number of hydrogen-bond donors (Lipinski definition) is 1.